The fourth-order valence-corrected chi connectivity index (χ4v) is 0.814. The maximum Gasteiger partial charge on any atom is 0.0556 e. The van der Waals surface area contributed by atoms with E-state index in [1.165, 1.54) is 0 Å². The van der Waals surface area contributed by atoms with Gasteiger partial charge < -0.3 is 10.4 Å². The van der Waals surface area contributed by atoms with E-state index in [0.29, 0.717) is 6.54 Å². The summed E-state index contributed by atoms with van der Waals surface area (Å²) in [5.41, 5.74) is 1.14. The third-order valence-corrected chi connectivity index (χ3v) is 1.34. The van der Waals surface area contributed by atoms with E-state index in [9.17, 15) is 0 Å². The van der Waals surface area contributed by atoms with Gasteiger partial charge in [-0.25, -0.2) is 0 Å². The van der Waals surface area contributed by atoms with Crippen molar-refractivity contribution in [2.75, 3.05) is 13.2 Å². The highest BCUT2D eigenvalue weighted by molar-refractivity contribution is 5.85. The first-order valence-electron chi connectivity index (χ1n) is 3.64. The molecule has 68 valence electrons. The van der Waals surface area contributed by atoms with Crippen LogP contribution in [0.2, 0.25) is 0 Å². The van der Waals surface area contributed by atoms with Gasteiger partial charge in [0.1, 0.15) is 0 Å². The van der Waals surface area contributed by atoms with Crippen LogP contribution >= 0.6 is 12.4 Å². The van der Waals surface area contributed by atoms with Gasteiger partial charge in [0.15, 0.2) is 0 Å². The second kappa shape index (κ2) is 7.03. The Hall–Kier alpha value is -0.640. The Kier molecular flexibility index (Phi) is 6.66. The van der Waals surface area contributed by atoms with Crippen molar-refractivity contribution in [3.05, 3.63) is 30.1 Å². The highest BCUT2D eigenvalue weighted by Gasteiger charge is 1.88. The van der Waals surface area contributed by atoms with Crippen LogP contribution in [-0.4, -0.2) is 23.2 Å². The Balaban J connectivity index is 0.00000121. The zero-order valence-electron chi connectivity index (χ0n) is 6.73. The fourth-order valence-electron chi connectivity index (χ4n) is 0.814. The molecule has 0 bridgehead atoms. The summed E-state index contributed by atoms with van der Waals surface area (Å²) in [5, 5.41) is 11.5. The molecule has 0 unspecified atom stereocenters. The van der Waals surface area contributed by atoms with E-state index in [2.05, 4.69) is 10.3 Å². The molecule has 0 radical (unpaired) electrons. The lowest BCUT2D eigenvalue weighted by molar-refractivity contribution is 0.292. The summed E-state index contributed by atoms with van der Waals surface area (Å²) < 4.78 is 0. The number of hydrogen-bond acceptors (Lipinski definition) is 3. The van der Waals surface area contributed by atoms with E-state index in [4.69, 9.17) is 5.11 Å². The van der Waals surface area contributed by atoms with Crippen LogP contribution in [0.15, 0.2) is 24.5 Å². The molecule has 4 heteroatoms. The Morgan fingerprint density at radius 1 is 1.50 bits per heavy atom. The quantitative estimate of drug-likeness (QED) is 0.680. The molecular formula is C8H13ClN2O. The van der Waals surface area contributed by atoms with Crippen LogP contribution in [0.5, 0.6) is 0 Å². The van der Waals surface area contributed by atoms with Gasteiger partial charge in [0.05, 0.1) is 6.61 Å². The predicted octanol–water partition coefficient (Wildman–Crippen LogP) is 0.585. The number of pyridine rings is 1. The molecule has 0 saturated carbocycles. The number of nitrogens with zero attached hydrogens (tertiary/aromatic N) is 1. The molecule has 1 heterocycles. The van der Waals surface area contributed by atoms with Gasteiger partial charge in [-0.05, 0) is 11.6 Å². The summed E-state index contributed by atoms with van der Waals surface area (Å²) in [7, 11) is 0. The third-order valence-electron chi connectivity index (χ3n) is 1.34. The number of aromatic nitrogens is 1. The van der Waals surface area contributed by atoms with Crippen molar-refractivity contribution >= 4 is 12.4 Å². The molecule has 1 rings (SSSR count). The van der Waals surface area contributed by atoms with Gasteiger partial charge >= 0.3 is 0 Å². The molecule has 0 aliphatic rings. The van der Waals surface area contributed by atoms with Crippen LogP contribution in [-0.2, 0) is 6.54 Å². The van der Waals surface area contributed by atoms with Crippen LogP contribution in [0, 0.1) is 0 Å². The monoisotopic (exact) mass is 188 g/mol. The van der Waals surface area contributed by atoms with Crippen molar-refractivity contribution in [2.24, 2.45) is 0 Å². The predicted molar refractivity (Wildman–Crippen MR) is 50.3 cm³/mol. The van der Waals surface area contributed by atoms with Crippen molar-refractivity contribution in [3.63, 3.8) is 0 Å². The second-order valence-electron chi connectivity index (χ2n) is 2.26. The number of aliphatic hydroxyl groups is 1. The Bertz CT molecular complexity index is 194. The van der Waals surface area contributed by atoms with Gasteiger partial charge in [-0.15, -0.1) is 12.4 Å². The molecule has 0 saturated heterocycles. The van der Waals surface area contributed by atoms with Crippen molar-refractivity contribution < 1.29 is 5.11 Å². The number of nitrogens with one attached hydrogen (secondary N) is 1. The zero-order chi connectivity index (χ0) is 7.94. The Morgan fingerprint density at radius 2 is 2.33 bits per heavy atom. The van der Waals surface area contributed by atoms with E-state index in [-0.39, 0.29) is 19.0 Å². The summed E-state index contributed by atoms with van der Waals surface area (Å²) >= 11 is 0. The number of rotatable bonds is 4. The van der Waals surface area contributed by atoms with Gasteiger partial charge in [0.25, 0.3) is 0 Å². The third kappa shape index (κ3) is 4.28. The smallest absolute Gasteiger partial charge is 0.0556 e. The first kappa shape index (κ1) is 11.4. The first-order valence-corrected chi connectivity index (χ1v) is 3.64. The highest BCUT2D eigenvalue weighted by Crippen LogP contribution is 1.93. The van der Waals surface area contributed by atoms with Crippen LogP contribution in [0.3, 0.4) is 0 Å². The number of halogens is 1. The molecule has 0 aliphatic carbocycles. The van der Waals surface area contributed by atoms with Gasteiger partial charge in [-0.1, -0.05) is 6.07 Å². The van der Waals surface area contributed by atoms with E-state index in [1.807, 2.05) is 18.3 Å². The van der Waals surface area contributed by atoms with Gasteiger partial charge in [0.2, 0.25) is 0 Å². The summed E-state index contributed by atoms with van der Waals surface area (Å²) in [6.07, 6.45) is 3.56. The average Bonchev–Trinajstić information content (AvgIpc) is 2.07. The van der Waals surface area contributed by atoms with Crippen molar-refractivity contribution in [1.29, 1.82) is 0 Å². The van der Waals surface area contributed by atoms with Gasteiger partial charge in [-0.3, -0.25) is 4.98 Å². The van der Waals surface area contributed by atoms with E-state index < -0.39 is 0 Å². The maximum absolute atomic E-state index is 8.47. The first-order chi connectivity index (χ1) is 5.43. The van der Waals surface area contributed by atoms with Crippen LogP contribution in [0.4, 0.5) is 0 Å². The minimum atomic E-state index is 0. The Morgan fingerprint density at radius 3 is 2.92 bits per heavy atom. The molecule has 0 aromatic carbocycles. The van der Waals surface area contributed by atoms with Gasteiger partial charge in [-0.2, -0.15) is 0 Å². The zero-order valence-corrected chi connectivity index (χ0v) is 7.55. The molecule has 3 nitrogen and oxygen atoms in total. The summed E-state index contributed by atoms with van der Waals surface area (Å²) in [6.45, 7) is 1.59. The topological polar surface area (TPSA) is 45.1 Å². The molecule has 0 aliphatic heterocycles. The minimum Gasteiger partial charge on any atom is -0.395 e. The van der Waals surface area contributed by atoms with Crippen LogP contribution in [0.1, 0.15) is 5.56 Å². The standard InChI is InChI=1S/C8H12N2O.ClH/c11-5-4-10-7-8-2-1-3-9-6-8;/h1-3,6,10-11H,4-5,7H2;1H. The largest absolute Gasteiger partial charge is 0.395 e. The van der Waals surface area contributed by atoms with Crippen LogP contribution < -0.4 is 5.32 Å². The molecular weight excluding hydrogens is 176 g/mol. The van der Waals surface area contributed by atoms with E-state index in [0.717, 1.165) is 12.1 Å². The maximum atomic E-state index is 8.47. The Labute approximate surface area is 78.2 Å². The molecule has 2 N–H and O–H groups in total. The van der Waals surface area contributed by atoms with Gasteiger partial charge in [0, 0.05) is 25.5 Å². The highest BCUT2D eigenvalue weighted by atomic mass is 35.5. The molecule has 0 amide bonds. The molecule has 0 atom stereocenters. The molecule has 0 fully saturated rings. The molecule has 1 aromatic heterocycles. The van der Waals surface area contributed by atoms with Crippen LogP contribution in [0.25, 0.3) is 0 Å². The SMILES string of the molecule is Cl.OCCNCc1cccnc1. The minimum absolute atomic E-state index is 0. The van der Waals surface area contributed by atoms with Crippen molar-refractivity contribution in [2.45, 2.75) is 6.54 Å². The molecule has 1 aromatic rings. The summed E-state index contributed by atoms with van der Waals surface area (Å²) in [4.78, 5) is 3.96. The molecule has 12 heavy (non-hydrogen) atoms. The lowest BCUT2D eigenvalue weighted by Crippen LogP contribution is -2.17. The lowest BCUT2D eigenvalue weighted by Gasteiger charge is -2.00. The normalized spacial score (nSPS) is 9.08. The summed E-state index contributed by atoms with van der Waals surface area (Å²) in [6, 6.07) is 3.90. The van der Waals surface area contributed by atoms with E-state index in [1.54, 1.807) is 6.20 Å². The second-order valence-corrected chi connectivity index (χ2v) is 2.26. The van der Waals surface area contributed by atoms with Crippen molar-refractivity contribution in [1.82, 2.24) is 10.3 Å². The number of hydrogen-bond donors (Lipinski definition) is 2. The average molecular weight is 189 g/mol. The molecule has 0 spiro atoms. The fraction of sp³-hybridized carbons (Fsp3) is 0.375. The van der Waals surface area contributed by atoms with Crippen molar-refractivity contribution in [3.8, 4) is 0 Å². The van der Waals surface area contributed by atoms with E-state index >= 15 is 0 Å². The lowest BCUT2D eigenvalue weighted by atomic mass is 10.3. The number of aliphatic hydroxyl groups excluding tert-OH is 1. The summed E-state index contributed by atoms with van der Waals surface area (Å²) in [5.74, 6) is 0.